The minimum atomic E-state index is -0.410. The van der Waals surface area contributed by atoms with Gasteiger partial charge < -0.3 is 8.83 Å². The fraction of sp³-hybridized carbons (Fsp3) is 0. The van der Waals surface area contributed by atoms with Gasteiger partial charge in [-0.25, -0.2) is 0 Å². The van der Waals surface area contributed by atoms with Crippen molar-refractivity contribution >= 4 is 76.2 Å². The standard InChI is InChI=1S/C54H32O2/c1-2-15-33(16-3-1)50-36-19-6-8-21-38(36)51(39-22-9-7-20-37(39)50)41-29-30-42(35-18-5-4-17-34(35)41)53-43(31-32-49-54(53)45-24-11-13-27-47(45)56-49)40-25-14-28-48-52(40)44-23-10-12-26-46(44)55-48/h1-32H/i1D,2D,3D,15D,16D. The predicted octanol–water partition coefficient (Wildman–Crippen LogP) is 15.6. The molecule has 0 fully saturated rings. The lowest BCUT2D eigenvalue weighted by molar-refractivity contribution is 0.669. The van der Waals surface area contributed by atoms with Crippen molar-refractivity contribution in [2.75, 3.05) is 0 Å². The van der Waals surface area contributed by atoms with Crippen molar-refractivity contribution < 1.29 is 15.7 Å². The lowest BCUT2D eigenvalue weighted by Gasteiger charge is -2.20. The second-order valence-electron chi connectivity index (χ2n) is 14.3. The molecule has 2 nitrogen and oxygen atoms in total. The van der Waals surface area contributed by atoms with Crippen LogP contribution < -0.4 is 0 Å². The molecule has 0 N–H and O–H groups in total. The first-order valence-corrected chi connectivity index (χ1v) is 18.8. The van der Waals surface area contributed by atoms with E-state index in [1.54, 1.807) is 0 Å². The van der Waals surface area contributed by atoms with Crippen LogP contribution in [-0.4, -0.2) is 0 Å². The van der Waals surface area contributed by atoms with Crippen LogP contribution in [0, 0.1) is 0 Å². The highest BCUT2D eigenvalue weighted by atomic mass is 16.3. The molecule has 10 aromatic carbocycles. The summed E-state index contributed by atoms with van der Waals surface area (Å²) >= 11 is 0. The van der Waals surface area contributed by atoms with Gasteiger partial charge in [-0.1, -0.05) is 164 Å². The summed E-state index contributed by atoms with van der Waals surface area (Å²) in [5, 5.41) is 9.75. The molecule has 0 saturated carbocycles. The van der Waals surface area contributed by atoms with E-state index in [9.17, 15) is 0 Å². The summed E-state index contributed by atoms with van der Waals surface area (Å²) in [5.41, 5.74) is 10.4. The lowest BCUT2D eigenvalue weighted by atomic mass is 9.82. The average molecular weight is 718 g/mol. The van der Waals surface area contributed by atoms with Crippen molar-refractivity contribution in [2.24, 2.45) is 0 Å². The zero-order valence-electron chi connectivity index (χ0n) is 34.9. The molecule has 2 heteroatoms. The molecule has 0 aliphatic rings. The molecule has 260 valence electrons. The number of fused-ring (bicyclic) bond motifs is 9. The van der Waals surface area contributed by atoms with E-state index in [4.69, 9.17) is 15.7 Å². The Labute approximate surface area is 329 Å². The van der Waals surface area contributed by atoms with Crippen LogP contribution in [0.1, 0.15) is 6.85 Å². The molecule has 0 bridgehead atoms. The van der Waals surface area contributed by atoms with Crippen molar-refractivity contribution in [1.82, 2.24) is 0 Å². The summed E-state index contributed by atoms with van der Waals surface area (Å²) in [6.07, 6.45) is 0. The van der Waals surface area contributed by atoms with Crippen LogP contribution in [0.4, 0.5) is 0 Å². The van der Waals surface area contributed by atoms with Crippen LogP contribution in [-0.2, 0) is 0 Å². The number of rotatable bonds is 4. The molecular formula is C54H32O2. The highest BCUT2D eigenvalue weighted by Gasteiger charge is 2.24. The van der Waals surface area contributed by atoms with E-state index in [0.29, 0.717) is 5.56 Å². The molecule has 12 rings (SSSR count). The summed E-state index contributed by atoms with van der Waals surface area (Å²) in [5.74, 6) is 0. The van der Waals surface area contributed by atoms with Crippen molar-refractivity contribution in [1.29, 1.82) is 0 Å². The van der Waals surface area contributed by atoms with Crippen LogP contribution in [0.25, 0.3) is 121 Å². The van der Waals surface area contributed by atoms with Crippen LogP contribution in [0.5, 0.6) is 0 Å². The average Bonchev–Trinajstić information content (AvgIpc) is 3.88. The lowest BCUT2D eigenvalue weighted by Crippen LogP contribution is -1.93. The quantitative estimate of drug-likeness (QED) is 0.169. The van der Waals surface area contributed by atoms with Crippen molar-refractivity contribution in [2.45, 2.75) is 0 Å². The van der Waals surface area contributed by atoms with Gasteiger partial charge in [-0.05, 0) is 102 Å². The van der Waals surface area contributed by atoms with Gasteiger partial charge in [0.25, 0.3) is 0 Å². The molecule has 0 radical (unpaired) electrons. The largest absolute Gasteiger partial charge is 0.456 e. The maximum Gasteiger partial charge on any atom is 0.136 e. The first-order chi connectivity index (χ1) is 29.9. The number of hydrogen-bond donors (Lipinski definition) is 0. The predicted molar refractivity (Wildman–Crippen MR) is 235 cm³/mol. The molecule has 56 heavy (non-hydrogen) atoms. The summed E-state index contributed by atoms with van der Waals surface area (Å²) in [4.78, 5) is 0. The first kappa shape index (κ1) is 26.4. The van der Waals surface area contributed by atoms with E-state index in [1.165, 1.54) is 0 Å². The van der Waals surface area contributed by atoms with Crippen LogP contribution >= 0.6 is 0 Å². The van der Waals surface area contributed by atoms with E-state index in [0.717, 1.165) is 110 Å². The summed E-state index contributed by atoms with van der Waals surface area (Å²) < 4.78 is 56.4. The molecule has 0 aliphatic heterocycles. The molecule has 0 aliphatic carbocycles. The van der Waals surface area contributed by atoms with Gasteiger partial charge in [0, 0.05) is 27.1 Å². The van der Waals surface area contributed by atoms with E-state index < -0.39 is 6.04 Å². The molecule has 12 aromatic rings. The summed E-state index contributed by atoms with van der Waals surface area (Å²) in [7, 11) is 0. The number of hydrogen-bond acceptors (Lipinski definition) is 2. The molecule has 2 aromatic heterocycles. The fourth-order valence-corrected chi connectivity index (χ4v) is 9.12. The Morgan fingerprint density at radius 1 is 0.286 bits per heavy atom. The normalized spacial score (nSPS) is 13.2. The Balaban J connectivity index is 1.19. The van der Waals surface area contributed by atoms with Crippen LogP contribution in [0.3, 0.4) is 0 Å². The Kier molecular flexibility index (Phi) is 5.67. The Morgan fingerprint density at radius 2 is 0.732 bits per heavy atom. The SMILES string of the molecule is [2H]c1c([2H])c([2H])c(-c2c3ccccc3c(-c3ccc(-c4c(-c5cccc6oc7ccccc7c56)ccc5oc6ccccc6c45)c4ccccc34)c3ccccc23)c([2H])c1[2H]. The third kappa shape index (κ3) is 4.44. The molecular weight excluding hydrogens is 681 g/mol. The first-order valence-electron chi connectivity index (χ1n) is 21.3. The maximum atomic E-state index is 9.02. The summed E-state index contributed by atoms with van der Waals surface area (Å²) in [6.45, 7) is 0. The molecule has 2 heterocycles. The Bertz CT molecular complexity index is 3750. The summed E-state index contributed by atoms with van der Waals surface area (Å²) in [6, 6.07) is 54.4. The Hall–Kier alpha value is -7.42. The van der Waals surface area contributed by atoms with Crippen molar-refractivity contribution in [3.05, 3.63) is 194 Å². The maximum absolute atomic E-state index is 9.02. The highest BCUT2D eigenvalue weighted by molar-refractivity contribution is 6.26. The zero-order valence-corrected chi connectivity index (χ0v) is 29.9. The molecule has 0 atom stereocenters. The molecule has 0 amide bonds. The van der Waals surface area contributed by atoms with Gasteiger partial charge in [-0.3, -0.25) is 0 Å². The molecule has 0 saturated heterocycles. The van der Waals surface area contributed by atoms with Gasteiger partial charge in [-0.2, -0.15) is 0 Å². The smallest absolute Gasteiger partial charge is 0.136 e. The van der Waals surface area contributed by atoms with Gasteiger partial charge in [-0.15, -0.1) is 0 Å². The van der Waals surface area contributed by atoms with Gasteiger partial charge in [0.15, 0.2) is 0 Å². The van der Waals surface area contributed by atoms with Crippen LogP contribution in [0.15, 0.2) is 203 Å². The van der Waals surface area contributed by atoms with E-state index in [-0.39, 0.29) is 29.7 Å². The second-order valence-corrected chi connectivity index (χ2v) is 14.3. The van der Waals surface area contributed by atoms with Crippen molar-refractivity contribution in [3.8, 4) is 44.5 Å². The highest BCUT2D eigenvalue weighted by Crippen LogP contribution is 2.50. The van der Waals surface area contributed by atoms with E-state index >= 15 is 0 Å². The molecule has 0 unspecified atom stereocenters. The van der Waals surface area contributed by atoms with Gasteiger partial charge in [0.2, 0.25) is 0 Å². The van der Waals surface area contributed by atoms with Gasteiger partial charge in [0.05, 0.1) is 6.85 Å². The fourth-order valence-electron chi connectivity index (χ4n) is 9.12. The van der Waals surface area contributed by atoms with E-state index in [1.807, 2.05) is 66.7 Å². The monoisotopic (exact) mass is 717 g/mol. The second kappa shape index (κ2) is 12.0. The topological polar surface area (TPSA) is 26.3 Å². The number of furan rings is 2. The third-order valence-electron chi connectivity index (χ3n) is 11.4. The molecule has 0 spiro atoms. The van der Waals surface area contributed by atoms with Gasteiger partial charge >= 0.3 is 0 Å². The van der Waals surface area contributed by atoms with Gasteiger partial charge in [0.1, 0.15) is 22.3 Å². The number of benzene rings is 10. The minimum Gasteiger partial charge on any atom is -0.456 e. The van der Waals surface area contributed by atoms with E-state index in [2.05, 4.69) is 97.1 Å². The zero-order chi connectivity index (χ0) is 41.1. The number of para-hydroxylation sites is 2. The third-order valence-corrected chi connectivity index (χ3v) is 11.4. The minimum absolute atomic E-state index is 0.193. The Morgan fingerprint density at radius 3 is 1.34 bits per heavy atom. The van der Waals surface area contributed by atoms with Crippen molar-refractivity contribution in [3.63, 3.8) is 0 Å². The van der Waals surface area contributed by atoms with Crippen LogP contribution in [0.2, 0.25) is 0 Å².